The minimum Gasteiger partial charge on any atom is -0.494 e. The molecule has 2 rings (SSSR count). The molecule has 0 bridgehead atoms. The number of hydrogen-bond donors (Lipinski definition) is 1. The highest BCUT2D eigenvalue weighted by atomic mass is 35.5. The molecular formula is C19H27ClO3. The van der Waals surface area contributed by atoms with Crippen LogP contribution in [-0.4, -0.2) is 22.6 Å². The van der Waals surface area contributed by atoms with E-state index < -0.39 is 10.8 Å². The molecule has 1 aromatic carbocycles. The molecule has 1 aromatic rings. The van der Waals surface area contributed by atoms with Crippen LogP contribution in [-0.2, 0) is 4.79 Å². The van der Waals surface area contributed by atoms with E-state index in [2.05, 4.69) is 19.1 Å². The van der Waals surface area contributed by atoms with Crippen molar-refractivity contribution in [1.82, 2.24) is 0 Å². The van der Waals surface area contributed by atoms with Crippen molar-refractivity contribution >= 4 is 17.6 Å². The Labute approximate surface area is 144 Å². The van der Waals surface area contributed by atoms with Crippen LogP contribution < -0.4 is 4.74 Å². The van der Waals surface area contributed by atoms with Crippen LogP contribution in [0.25, 0.3) is 0 Å². The van der Waals surface area contributed by atoms with Gasteiger partial charge in [0.25, 0.3) is 0 Å². The van der Waals surface area contributed by atoms with Crippen molar-refractivity contribution in [2.75, 3.05) is 6.61 Å². The van der Waals surface area contributed by atoms with Crippen molar-refractivity contribution in [3.05, 3.63) is 29.8 Å². The SMILES string of the molecule is CCCCCCOc1ccc(C2CCC(Cl)(C(=O)O)CC2)cc1. The van der Waals surface area contributed by atoms with E-state index in [1.165, 1.54) is 24.8 Å². The summed E-state index contributed by atoms with van der Waals surface area (Å²) in [5, 5.41) is 9.18. The number of carboxylic acid groups (broad SMARTS) is 1. The van der Waals surface area contributed by atoms with Crippen LogP contribution in [0.5, 0.6) is 5.75 Å². The van der Waals surface area contributed by atoms with Gasteiger partial charge in [0.05, 0.1) is 6.61 Å². The standard InChI is InChI=1S/C19H27ClO3/c1-2-3-4-5-14-23-17-8-6-15(7-9-17)16-10-12-19(20,13-11-16)18(21)22/h6-9,16H,2-5,10-14H2,1H3,(H,21,22). The number of carbonyl (C=O) groups is 1. The van der Waals surface area contributed by atoms with E-state index in [0.29, 0.717) is 18.8 Å². The summed E-state index contributed by atoms with van der Waals surface area (Å²) in [6, 6.07) is 8.26. The largest absolute Gasteiger partial charge is 0.494 e. The predicted octanol–water partition coefficient (Wildman–Crippen LogP) is 5.37. The van der Waals surface area contributed by atoms with Crippen molar-refractivity contribution in [3.8, 4) is 5.75 Å². The van der Waals surface area contributed by atoms with Gasteiger partial charge in [-0.05, 0) is 55.7 Å². The van der Waals surface area contributed by atoms with Gasteiger partial charge in [-0.1, -0.05) is 38.3 Å². The zero-order chi connectivity index (χ0) is 16.7. The quantitative estimate of drug-likeness (QED) is 0.512. The summed E-state index contributed by atoms with van der Waals surface area (Å²) in [5.74, 6) is 0.433. The molecule has 0 heterocycles. The highest BCUT2D eigenvalue weighted by molar-refractivity contribution is 6.33. The molecule has 0 unspecified atom stereocenters. The topological polar surface area (TPSA) is 46.5 Å². The maximum atomic E-state index is 11.2. The second kappa shape index (κ2) is 8.58. The molecule has 23 heavy (non-hydrogen) atoms. The van der Waals surface area contributed by atoms with E-state index in [1.807, 2.05) is 12.1 Å². The lowest BCUT2D eigenvalue weighted by molar-refractivity contribution is -0.141. The molecule has 0 aliphatic heterocycles. The van der Waals surface area contributed by atoms with Crippen molar-refractivity contribution in [2.24, 2.45) is 0 Å². The zero-order valence-electron chi connectivity index (χ0n) is 13.9. The van der Waals surface area contributed by atoms with E-state index >= 15 is 0 Å². The molecule has 4 heteroatoms. The minimum absolute atomic E-state index is 0.403. The molecule has 0 atom stereocenters. The van der Waals surface area contributed by atoms with Crippen LogP contribution in [0.2, 0.25) is 0 Å². The number of ether oxygens (including phenoxy) is 1. The van der Waals surface area contributed by atoms with Crippen LogP contribution in [0.4, 0.5) is 0 Å². The lowest BCUT2D eigenvalue weighted by atomic mass is 9.78. The summed E-state index contributed by atoms with van der Waals surface area (Å²) in [6.07, 6.45) is 7.55. The number of alkyl halides is 1. The van der Waals surface area contributed by atoms with Crippen LogP contribution >= 0.6 is 11.6 Å². The van der Waals surface area contributed by atoms with Crippen molar-refractivity contribution in [3.63, 3.8) is 0 Å². The van der Waals surface area contributed by atoms with E-state index in [0.717, 1.165) is 31.6 Å². The third-order valence-corrected chi connectivity index (χ3v) is 5.32. The molecule has 3 nitrogen and oxygen atoms in total. The van der Waals surface area contributed by atoms with Crippen molar-refractivity contribution < 1.29 is 14.6 Å². The number of hydrogen-bond acceptors (Lipinski definition) is 2. The Hall–Kier alpha value is -1.22. The Morgan fingerprint density at radius 2 is 1.87 bits per heavy atom. The first kappa shape index (κ1) is 18.1. The van der Waals surface area contributed by atoms with Gasteiger partial charge in [-0.15, -0.1) is 11.6 Å². The second-order valence-electron chi connectivity index (χ2n) is 6.52. The Balaban J connectivity index is 1.80. The molecule has 1 aliphatic carbocycles. The van der Waals surface area contributed by atoms with E-state index in [-0.39, 0.29) is 0 Å². The van der Waals surface area contributed by atoms with E-state index in [1.54, 1.807) is 0 Å². The molecule has 1 aliphatic rings. The highest BCUT2D eigenvalue weighted by Gasteiger charge is 2.40. The Morgan fingerprint density at radius 3 is 2.43 bits per heavy atom. The molecule has 0 amide bonds. The molecular weight excluding hydrogens is 312 g/mol. The third kappa shape index (κ3) is 5.13. The van der Waals surface area contributed by atoms with Crippen LogP contribution in [0.1, 0.15) is 69.8 Å². The molecule has 0 aromatic heterocycles. The molecule has 0 radical (unpaired) electrons. The summed E-state index contributed by atoms with van der Waals surface area (Å²) in [5.41, 5.74) is 1.26. The monoisotopic (exact) mass is 338 g/mol. The summed E-state index contributed by atoms with van der Waals surface area (Å²) < 4.78 is 5.76. The molecule has 1 fully saturated rings. The number of halogens is 1. The van der Waals surface area contributed by atoms with Gasteiger partial charge in [-0.2, -0.15) is 0 Å². The number of aliphatic carboxylic acids is 1. The van der Waals surface area contributed by atoms with Crippen LogP contribution in [0, 0.1) is 0 Å². The molecule has 0 spiro atoms. The zero-order valence-corrected chi connectivity index (χ0v) is 14.6. The first-order valence-electron chi connectivity index (χ1n) is 8.70. The summed E-state index contributed by atoms with van der Waals surface area (Å²) in [4.78, 5) is 10.1. The fourth-order valence-electron chi connectivity index (χ4n) is 3.18. The predicted molar refractivity (Wildman–Crippen MR) is 93.5 cm³/mol. The van der Waals surface area contributed by atoms with Gasteiger partial charge in [-0.3, -0.25) is 4.79 Å². The fraction of sp³-hybridized carbons (Fsp3) is 0.632. The summed E-state index contributed by atoms with van der Waals surface area (Å²) in [6.45, 7) is 2.98. The van der Waals surface area contributed by atoms with E-state index in [9.17, 15) is 9.90 Å². The van der Waals surface area contributed by atoms with Gasteiger partial charge in [-0.25, -0.2) is 0 Å². The highest BCUT2D eigenvalue weighted by Crippen LogP contribution is 2.41. The van der Waals surface area contributed by atoms with Gasteiger partial charge in [0, 0.05) is 0 Å². The maximum absolute atomic E-state index is 11.2. The van der Waals surface area contributed by atoms with Crippen LogP contribution in [0.15, 0.2) is 24.3 Å². The first-order chi connectivity index (χ1) is 11.0. The van der Waals surface area contributed by atoms with Gasteiger partial charge in [0.2, 0.25) is 0 Å². The third-order valence-electron chi connectivity index (χ3n) is 4.78. The Bertz CT molecular complexity index is 490. The number of benzene rings is 1. The lowest BCUT2D eigenvalue weighted by Crippen LogP contribution is -2.36. The Morgan fingerprint density at radius 1 is 1.22 bits per heavy atom. The summed E-state index contributed by atoms with van der Waals surface area (Å²) >= 11 is 6.16. The fourth-order valence-corrected chi connectivity index (χ4v) is 3.40. The average Bonchev–Trinajstić information content (AvgIpc) is 2.56. The van der Waals surface area contributed by atoms with Crippen LogP contribution in [0.3, 0.4) is 0 Å². The second-order valence-corrected chi connectivity index (χ2v) is 7.25. The number of unbranched alkanes of at least 4 members (excludes halogenated alkanes) is 3. The molecule has 128 valence electrons. The first-order valence-corrected chi connectivity index (χ1v) is 9.08. The van der Waals surface area contributed by atoms with E-state index in [4.69, 9.17) is 16.3 Å². The van der Waals surface area contributed by atoms with Gasteiger partial charge in [0.1, 0.15) is 10.6 Å². The average molecular weight is 339 g/mol. The lowest BCUT2D eigenvalue weighted by Gasteiger charge is -2.32. The minimum atomic E-state index is -1.06. The van der Waals surface area contributed by atoms with Crippen molar-refractivity contribution in [2.45, 2.75) is 69.1 Å². The normalized spacial score (nSPS) is 24.3. The van der Waals surface area contributed by atoms with Gasteiger partial charge in [0.15, 0.2) is 0 Å². The summed E-state index contributed by atoms with van der Waals surface area (Å²) in [7, 11) is 0. The molecule has 0 saturated heterocycles. The number of rotatable bonds is 8. The maximum Gasteiger partial charge on any atom is 0.324 e. The smallest absolute Gasteiger partial charge is 0.324 e. The molecule has 1 N–H and O–H groups in total. The van der Waals surface area contributed by atoms with Gasteiger partial charge < -0.3 is 9.84 Å². The number of carboxylic acids is 1. The molecule has 1 saturated carbocycles. The van der Waals surface area contributed by atoms with Crippen molar-refractivity contribution in [1.29, 1.82) is 0 Å². The Kier molecular flexibility index (Phi) is 6.76. The van der Waals surface area contributed by atoms with Gasteiger partial charge >= 0.3 is 5.97 Å².